The van der Waals surface area contributed by atoms with Crippen LogP contribution in [0.2, 0.25) is 0 Å². The lowest BCUT2D eigenvalue weighted by Gasteiger charge is -2.36. The van der Waals surface area contributed by atoms with Gasteiger partial charge in [-0.1, -0.05) is 0 Å². The van der Waals surface area contributed by atoms with E-state index in [1.807, 2.05) is 0 Å². The smallest absolute Gasteiger partial charge is 0.317 e. The van der Waals surface area contributed by atoms with Crippen molar-refractivity contribution in [3.8, 4) is 0 Å². The number of hydrogen-bond acceptors (Lipinski definition) is 5. The number of nitrogens with zero attached hydrogens (tertiary/aromatic N) is 4. The molecule has 2 heterocycles. The van der Waals surface area contributed by atoms with Crippen LogP contribution in [-0.2, 0) is 16.6 Å². The van der Waals surface area contributed by atoms with Gasteiger partial charge in [0.25, 0.3) is 0 Å². The molecule has 0 atom stereocenters. The van der Waals surface area contributed by atoms with Gasteiger partial charge in [0.2, 0.25) is 10.0 Å². The highest BCUT2D eigenvalue weighted by Crippen LogP contribution is 2.24. The van der Waals surface area contributed by atoms with Gasteiger partial charge in [0.15, 0.2) is 0 Å². The zero-order chi connectivity index (χ0) is 18.7. The predicted molar refractivity (Wildman–Crippen MR) is 95.3 cm³/mol. The molecular formula is C16H27N5O3S. The summed E-state index contributed by atoms with van der Waals surface area (Å²) in [7, 11) is -1.62. The average molecular weight is 369 g/mol. The normalized spacial score (nSPS) is 17.3. The molecular weight excluding hydrogens is 342 g/mol. The largest absolute Gasteiger partial charge is 0.335 e. The van der Waals surface area contributed by atoms with Crippen LogP contribution >= 0.6 is 0 Å². The van der Waals surface area contributed by atoms with Crippen molar-refractivity contribution in [1.82, 2.24) is 24.5 Å². The molecule has 0 radical (unpaired) electrons. The van der Waals surface area contributed by atoms with Crippen LogP contribution in [0.3, 0.4) is 0 Å². The van der Waals surface area contributed by atoms with E-state index < -0.39 is 14.8 Å². The third kappa shape index (κ3) is 4.88. The summed E-state index contributed by atoms with van der Waals surface area (Å²) in [6, 6.07) is -0.217. The maximum absolute atomic E-state index is 12.5. The molecule has 2 amide bonds. The van der Waals surface area contributed by atoms with Gasteiger partial charge in [-0.2, -0.15) is 0 Å². The van der Waals surface area contributed by atoms with Crippen molar-refractivity contribution < 1.29 is 13.2 Å². The summed E-state index contributed by atoms with van der Waals surface area (Å²) < 4.78 is 25.7. The molecule has 1 aromatic heterocycles. The number of urea groups is 1. The number of piperidine rings is 1. The van der Waals surface area contributed by atoms with Crippen LogP contribution in [0.25, 0.3) is 0 Å². The fourth-order valence-electron chi connectivity index (χ4n) is 2.64. The van der Waals surface area contributed by atoms with Crippen LogP contribution in [0.15, 0.2) is 18.6 Å². The van der Waals surface area contributed by atoms with Gasteiger partial charge >= 0.3 is 6.03 Å². The van der Waals surface area contributed by atoms with Crippen molar-refractivity contribution in [2.75, 3.05) is 20.1 Å². The third-order valence-corrected chi connectivity index (χ3v) is 6.85. The summed E-state index contributed by atoms with van der Waals surface area (Å²) in [6.07, 6.45) is 6.02. The number of rotatable bonds is 4. The molecule has 9 heteroatoms. The van der Waals surface area contributed by atoms with Crippen LogP contribution < -0.4 is 5.32 Å². The molecule has 0 aliphatic carbocycles. The Bertz CT molecular complexity index is 679. The molecule has 1 fully saturated rings. The van der Waals surface area contributed by atoms with E-state index >= 15 is 0 Å². The minimum absolute atomic E-state index is 0.0248. The second kappa shape index (κ2) is 7.65. The van der Waals surface area contributed by atoms with Gasteiger partial charge in [0.05, 0.1) is 23.2 Å². The third-order valence-electron chi connectivity index (χ3n) is 4.26. The zero-order valence-corrected chi connectivity index (χ0v) is 16.1. The lowest BCUT2D eigenvalue weighted by atomic mass is 10.1. The number of sulfonamides is 1. The van der Waals surface area contributed by atoms with Gasteiger partial charge in [0.1, 0.15) is 0 Å². The summed E-state index contributed by atoms with van der Waals surface area (Å²) >= 11 is 0. The fraction of sp³-hybridized carbons (Fsp3) is 0.688. The van der Waals surface area contributed by atoms with Gasteiger partial charge < -0.3 is 10.2 Å². The minimum Gasteiger partial charge on any atom is -0.335 e. The molecule has 0 spiro atoms. The first kappa shape index (κ1) is 19.6. The van der Waals surface area contributed by atoms with E-state index in [-0.39, 0.29) is 12.1 Å². The first-order valence-electron chi connectivity index (χ1n) is 8.37. The maximum Gasteiger partial charge on any atom is 0.317 e. The van der Waals surface area contributed by atoms with Crippen LogP contribution in [0, 0.1) is 0 Å². The maximum atomic E-state index is 12.5. The quantitative estimate of drug-likeness (QED) is 0.861. The molecule has 1 saturated heterocycles. The van der Waals surface area contributed by atoms with Crippen molar-refractivity contribution in [1.29, 1.82) is 0 Å². The van der Waals surface area contributed by atoms with E-state index in [2.05, 4.69) is 15.3 Å². The molecule has 0 saturated carbocycles. The Hall–Kier alpha value is -1.74. The Morgan fingerprint density at radius 1 is 1.32 bits per heavy atom. The zero-order valence-electron chi connectivity index (χ0n) is 15.3. The van der Waals surface area contributed by atoms with Gasteiger partial charge in [0, 0.05) is 38.6 Å². The Morgan fingerprint density at radius 3 is 2.48 bits per heavy atom. The number of nitrogens with one attached hydrogen (secondary N) is 1. The summed E-state index contributed by atoms with van der Waals surface area (Å²) in [6.45, 7) is 6.35. The SMILES string of the molecule is CN(Cc1cnccn1)C(=O)NC1CCN(S(=O)(=O)C(C)(C)C)CC1. The molecule has 0 unspecified atom stereocenters. The van der Waals surface area contributed by atoms with E-state index in [0.29, 0.717) is 38.2 Å². The van der Waals surface area contributed by atoms with Gasteiger partial charge in [-0.05, 0) is 33.6 Å². The summed E-state index contributed by atoms with van der Waals surface area (Å²) in [4.78, 5) is 22.0. The fourth-order valence-corrected chi connectivity index (χ4v) is 4.11. The minimum atomic E-state index is -3.31. The number of amides is 2. The number of carbonyl (C=O) groups excluding carboxylic acids is 1. The molecule has 1 N–H and O–H groups in total. The van der Waals surface area contributed by atoms with Crippen molar-refractivity contribution in [2.24, 2.45) is 0 Å². The van der Waals surface area contributed by atoms with Crippen molar-refractivity contribution in [2.45, 2.75) is 50.9 Å². The second-order valence-corrected chi connectivity index (χ2v) is 9.98. The van der Waals surface area contributed by atoms with Crippen molar-refractivity contribution in [3.63, 3.8) is 0 Å². The standard InChI is InChI=1S/C16H27N5O3S/c1-16(2,3)25(23,24)21-9-5-13(6-10-21)19-15(22)20(4)12-14-11-17-7-8-18-14/h7-8,11,13H,5-6,9-10,12H2,1-4H3,(H,19,22). The summed E-state index contributed by atoms with van der Waals surface area (Å²) in [5, 5.41) is 2.97. The van der Waals surface area contributed by atoms with E-state index in [9.17, 15) is 13.2 Å². The monoisotopic (exact) mass is 369 g/mol. The van der Waals surface area contributed by atoms with Gasteiger partial charge in [-0.3, -0.25) is 9.97 Å². The first-order chi connectivity index (χ1) is 11.6. The molecule has 25 heavy (non-hydrogen) atoms. The highest BCUT2D eigenvalue weighted by molar-refractivity contribution is 7.90. The van der Waals surface area contributed by atoms with Gasteiger partial charge in [-0.15, -0.1) is 0 Å². The average Bonchev–Trinajstić information content (AvgIpc) is 2.55. The van der Waals surface area contributed by atoms with E-state index in [1.54, 1.807) is 51.3 Å². The number of carbonyl (C=O) groups is 1. The van der Waals surface area contributed by atoms with Crippen LogP contribution in [-0.4, -0.2) is 64.5 Å². The lowest BCUT2D eigenvalue weighted by molar-refractivity contribution is 0.194. The summed E-state index contributed by atoms with van der Waals surface area (Å²) in [5.74, 6) is 0. The Morgan fingerprint density at radius 2 is 1.96 bits per heavy atom. The second-order valence-electron chi connectivity index (χ2n) is 7.29. The highest BCUT2D eigenvalue weighted by atomic mass is 32.2. The van der Waals surface area contributed by atoms with Crippen molar-refractivity contribution in [3.05, 3.63) is 24.3 Å². The highest BCUT2D eigenvalue weighted by Gasteiger charge is 2.37. The Labute approximate surface area is 149 Å². The Kier molecular flexibility index (Phi) is 5.99. The topological polar surface area (TPSA) is 95.5 Å². The van der Waals surface area contributed by atoms with Gasteiger partial charge in [-0.25, -0.2) is 17.5 Å². The lowest BCUT2D eigenvalue weighted by Crippen LogP contribution is -2.52. The molecule has 1 aliphatic heterocycles. The van der Waals surface area contributed by atoms with E-state index in [4.69, 9.17) is 0 Å². The number of aromatic nitrogens is 2. The van der Waals surface area contributed by atoms with Crippen LogP contribution in [0.5, 0.6) is 0 Å². The molecule has 1 aromatic rings. The molecule has 2 rings (SSSR count). The van der Waals surface area contributed by atoms with Crippen molar-refractivity contribution >= 4 is 16.1 Å². The molecule has 1 aliphatic rings. The predicted octanol–water partition coefficient (Wildman–Crippen LogP) is 1.21. The number of hydrogen-bond donors (Lipinski definition) is 1. The first-order valence-corrected chi connectivity index (χ1v) is 9.81. The molecule has 8 nitrogen and oxygen atoms in total. The van der Waals surface area contributed by atoms with E-state index in [1.165, 1.54) is 4.31 Å². The molecule has 0 bridgehead atoms. The van der Waals surface area contributed by atoms with Crippen LogP contribution in [0.1, 0.15) is 39.3 Å². The van der Waals surface area contributed by atoms with E-state index in [0.717, 1.165) is 0 Å². The summed E-state index contributed by atoms with van der Waals surface area (Å²) in [5.41, 5.74) is 0.714. The molecule has 140 valence electrons. The van der Waals surface area contributed by atoms with Crippen LogP contribution in [0.4, 0.5) is 4.79 Å². The Balaban J connectivity index is 1.84. The molecule has 0 aromatic carbocycles.